The average Bonchev–Trinajstić information content (AvgIpc) is 2.43. The third-order valence-electron chi connectivity index (χ3n) is 2.14. The lowest BCUT2D eigenvalue weighted by molar-refractivity contribution is 0.629. The van der Waals surface area contributed by atoms with Gasteiger partial charge in [-0.2, -0.15) is 0 Å². The van der Waals surface area contributed by atoms with E-state index < -0.39 is 0 Å². The van der Waals surface area contributed by atoms with Gasteiger partial charge in [0.1, 0.15) is 5.82 Å². The van der Waals surface area contributed by atoms with Gasteiger partial charge in [-0.3, -0.25) is 0 Å². The Morgan fingerprint density at radius 3 is 2.92 bits per heavy atom. The maximum Gasteiger partial charge on any atom is 0.125 e. The number of fused-ring (bicyclic) bond motifs is 1. The molecule has 0 aliphatic carbocycles. The van der Waals surface area contributed by atoms with Crippen molar-refractivity contribution in [1.82, 2.24) is 4.57 Å². The topological polar surface area (TPSA) is 28.8 Å². The lowest BCUT2D eigenvalue weighted by Crippen LogP contribution is -1.83. The first-order valence-corrected chi connectivity index (χ1v) is 3.97. The van der Waals surface area contributed by atoms with Crippen LogP contribution in [0.1, 0.15) is 5.56 Å². The molecule has 0 fully saturated rings. The molecule has 1 heterocycles. The van der Waals surface area contributed by atoms with E-state index in [1.165, 1.54) is 18.3 Å². The minimum Gasteiger partial charge on any atom is -0.350 e. The van der Waals surface area contributed by atoms with Crippen LogP contribution in [-0.4, -0.2) is 10.8 Å². The molecule has 0 bridgehead atoms. The Morgan fingerprint density at radius 2 is 2.23 bits per heavy atom. The first-order chi connectivity index (χ1) is 6.22. The summed E-state index contributed by atoms with van der Waals surface area (Å²) >= 11 is 0. The molecule has 1 N–H and O–H groups in total. The van der Waals surface area contributed by atoms with Crippen LogP contribution in [0.3, 0.4) is 0 Å². The Morgan fingerprint density at radius 1 is 1.46 bits per heavy atom. The van der Waals surface area contributed by atoms with Crippen LogP contribution < -0.4 is 0 Å². The molecule has 0 unspecified atom stereocenters. The monoisotopic (exact) mass is 176 g/mol. The number of nitrogens with zero attached hydrogens (tertiary/aromatic N) is 1. The molecule has 66 valence electrons. The van der Waals surface area contributed by atoms with Crippen molar-refractivity contribution in [1.29, 1.82) is 5.41 Å². The Labute approximate surface area is 75.1 Å². The molecular formula is C10H9FN2. The van der Waals surface area contributed by atoms with Crippen molar-refractivity contribution in [2.45, 2.75) is 0 Å². The van der Waals surface area contributed by atoms with Crippen LogP contribution in [-0.2, 0) is 7.05 Å². The number of hydrogen-bond acceptors (Lipinski definition) is 1. The number of halogens is 1. The number of aromatic nitrogens is 1. The van der Waals surface area contributed by atoms with Crippen LogP contribution in [0, 0.1) is 11.2 Å². The molecule has 3 heteroatoms. The highest BCUT2D eigenvalue weighted by Crippen LogP contribution is 2.19. The van der Waals surface area contributed by atoms with Crippen molar-refractivity contribution in [3.05, 3.63) is 35.8 Å². The first kappa shape index (κ1) is 7.98. The molecular weight excluding hydrogens is 167 g/mol. The van der Waals surface area contributed by atoms with E-state index in [0.717, 1.165) is 16.5 Å². The van der Waals surface area contributed by atoms with Gasteiger partial charge in [0.25, 0.3) is 0 Å². The summed E-state index contributed by atoms with van der Waals surface area (Å²) in [5.41, 5.74) is 1.64. The molecule has 2 nitrogen and oxygen atoms in total. The Bertz CT molecular complexity index is 471. The summed E-state index contributed by atoms with van der Waals surface area (Å²) in [6.45, 7) is 0. The quantitative estimate of drug-likeness (QED) is 0.646. The summed E-state index contributed by atoms with van der Waals surface area (Å²) in [5.74, 6) is -0.245. The number of nitrogens with one attached hydrogen (secondary N) is 1. The average molecular weight is 176 g/mol. The zero-order chi connectivity index (χ0) is 9.42. The SMILES string of the molecule is Cn1cc(C=N)c2ccc(F)cc21. The van der Waals surface area contributed by atoms with Crippen molar-refractivity contribution in [2.75, 3.05) is 0 Å². The van der Waals surface area contributed by atoms with Crippen molar-refractivity contribution < 1.29 is 4.39 Å². The van der Waals surface area contributed by atoms with E-state index in [2.05, 4.69) is 0 Å². The normalized spacial score (nSPS) is 10.6. The lowest BCUT2D eigenvalue weighted by Gasteiger charge is -1.94. The molecule has 0 aliphatic rings. The molecule has 0 atom stereocenters. The molecule has 0 spiro atoms. The third-order valence-corrected chi connectivity index (χ3v) is 2.14. The summed E-state index contributed by atoms with van der Waals surface area (Å²) in [4.78, 5) is 0. The van der Waals surface area contributed by atoms with Gasteiger partial charge in [0, 0.05) is 30.4 Å². The highest BCUT2D eigenvalue weighted by atomic mass is 19.1. The van der Waals surface area contributed by atoms with Crippen LogP contribution >= 0.6 is 0 Å². The van der Waals surface area contributed by atoms with Crippen molar-refractivity contribution in [3.8, 4) is 0 Å². The van der Waals surface area contributed by atoms with E-state index in [9.17, 15) is 4.39 Å². The second-order valence-electron chi connectivity index (χ2n) is 3.00. The van der Waals surface area contributed by atoms with Gasteiger partial charge in [-0.1, -0.05) is 0 Å². The molecule has 0 amide bonds. The Kier molecular flexibility index (Phi) is 1.65. The number of rotatable bonds is 1. The zero-order valence-electron chi connectivity index (χ0n) is 7.21. The second kappa shape index (κ2) is 2.69. The largest absolute Gasteiger partial charge is 0.350 e. The standard InChI is InChI=1S/C10H9FN2/c1-13-6-7(5-12)9-3-2-8(11)4-10(9)13/h2-6,12H,1H3. The van der Waals surface area contributed by atoms with E-state index >= 15 is 0 Å². The first-order valence-electron chi connectivity index (χ1n) is 3.97. The second-order valence-corrected chi connectivity index (χ2v) is 3.00. The molecule has 0 saturated carbocycles. The fourth-order valence-corrected chi connectivity index (χ4v) is 1.50. The van der Waals surface area contributed by atoms with Crippen molar-refractivity contribution in [2.24, 2.45) is 7.05 Å². The molecule has 1 aromatic heterocycles. The van der Waals surface area contributed by atoms with E-state index in [-0.39, 0.29) is 5.82 Å². The van der Waals surface area contributed by atoms with Crippen LogP contribution in [0.25, 0.3) is 10.9 Å². The zero-order valence-corrected chi connectivity index (χ0v) is 7.21. The Hall–Kier alpha value is -1.64. The van der Waals surface area contributed by atoms with Gasteiger partial charge in [-0.25, -0.2) is 4.39 Å². The molecule has 0 saturated heterocycles. The lowest BCUT2D eigenvalue weighted by atomic mass is 10.2. The summed E-state index contributed by atoms with van der Waals surface area (Å²) in [6.07, 6.45) is 3.09. The smallest absolute Gasteiger partial charge is 0.125 e. The predicted octanol–water partition coefficient (Wildman–Crippen LogP) is 2.32. The van der Waals surface area contributed by atoms with Gasteiger partial charge >= 0.3 is 0 Å². The third kappa shape index (κ3) is 1.13. The molecule has 2 aromatic rings. The van der Waals surface area contributed by atoms with Crippen molar-refractivity contribution >= 4 is 17.1 Å². The number of hydrogen-bond donors (Lipinski definition) is 1. The molecule has 13 heavy (non-hydrogen) atoms. The summed E-state index contributed by atoms with van der Waals surface area (Å²) < 4.78 is 14.7. The minimum absolute atomic E-state index is 0.245. The summed E-state index contributed by atoms with van der Waals surface area (Å²) in [5, 5.41) is 8.08. The molecule has 1 aromatic carbocycles. The maximum absolute atomic E-state index is 12.9. The van der Waals surface area contributed by atoms with Crippen LogP contribution in [0.5, 0.6) is 0 Å². The summed E-state index contributed by atoms with van der Waals surface area (Å²) in [7, 11) is 1.84. The van der Waals surface area contributed by atoms with Gasteiger partial charge in [-0.05, 0) is 18.2 Å². The van der Waals surface area contributed by atoms with Gasteiger partial charge < -0.3 is 9.98 Å². The predicted molar refractivity (Wildman–Crippen MR) is 50.8 cm³/mol. The van der Waals surface area contributed by atoms with Crippen LogP contribution in [0.15, 0.2) is 24.4 Å². The van der Waals surface area contributed by atoms with Gasteiger partial charge in [0.05, 0.1) is 5.52 Å². The number of aryl methyl sites for hydroxylation is 1. The fourth-order valence-electron chi connectivity index (χ4n) is 1.50. The van der Waals surface area contributed by atoms with E-state index in [1.807, 2.05) is 17.8 Å². The van der Waals surface area contributed by atoms with E-state index in [4.69, 9.17) is 5.41 Å². The Balaban J connectivity index is 2.88. The van der Waals surface area contributed by atoms with Crippen LogP contribution in [0.2, 0.25) is 0 Å². The van der Waals surface area contributed by atoms with E-state index in [1.54, 1.807) is 6.07 Å². The minimum atomic E-state index is -0.245. The van der Waals surface area contributed by atoms with Gasteiger partial charge in [0.15, 0.2) is 0 Å². The van der Waals surface area contributed by atoms with Gasteiger partial charge in [0.2, 0.25) is 0 Å². The maximum atomic E-state index is 12.9. The molecule has 0 radical (unpaired) electrons. The molecule has 2 rings (SSSR count). The highest BCUT2D eigenvalue weighted by Gasteiger charge is 2.04. The summed E-state index contributed by atoms with van der Waals surface area (Å²) in [6, 6.07) is 4.59. The van der Waals surface area contributed by atoms with Crippen molar-refractivity contribution in [3.63, 3.8) is 0 Å². The fraction of sp³-hybridized carbons (Fsp3) is 0.100. The van der Waals surface area contributed by atoms with Crippen LogP contribution in [0.4, 0.5) is 4.39 Å². The number of benzene rings is 1. The van der Waals surface area contributed by atoms with Gasteiger partial charge in [-0.15, -0.1) is 0 Å². The molecule has 0 aliphatic heterocycles. The highest BCUT2D eigenvalue weighted by molar-refractivity contribution is 5.98. The van der Waals surface area contributed by atoms with E-state index in [0.29, 0.717) is 0 Å².